The van der Waals surface area contributed by atoms with Crippen LogP contribution in [0.3, 0.4) is 0 Å². The molecule has 0 saturated heterocycles. The van der Waals surface area contributed by atoms with Gasteiger partial charge in [0, 0.05) is 54.9 Å². The summed E-state index contributed by atoms with van der Waals surface area (Å²) in [7, 11) is 0. The molecule has 2 aliphatic heterocycles. The second-order valence-corrected chi connectivity index (χ2v) is 22.4. The Bertz CT molecular complexity index is 3650. The number of aromatic nitrogens is 1. The Morgan fingerprint density at radius 3 is 1.94 bits per heavy atom. The third-order valence-corrected chi connectivity index (χ3v) is 15.6. The van der Waals surface area contributed by atoms with E-state index in [1.54, 1.807) is 0 Å². The molecule has 0 saturated carbocycles. The Morgan fingerprint density at radius 1 is 0.524 bits per heavy atom. The Hall–Kier alpha value is -6.20. The number of fused-ring (bicyclic) bond motifs is 16. The summed E-state index contributed by atoms with van der Waals surface area (Å²) in [6.45, 7) is 23.5. The minimum absolute atomic E-state index is 0.0308. The zero-order valence-electron chi connectivity index (χ0n) is 38.2. The molecule has 310 valence electrons. The monoisotopic (exact) mass is 820 g/mol. The fourth-order valence-corrected chi connectivity index (χ4v) is 11.9. The van der Waals surface area contributed by atoms with E-state index in [1.165, 1.54) is 112 Å². The van der Waals surface area contributed by atoms with Crippen LogP contribution < -0.4 is 15.7 Å². The van der Waals surface area contributed by atoms with Gasteiger partial charge >= 0.3 is 6.85 Å². The average molecular weight is 821 g/mol. The van der Waals surface area contributed by atoms with Crippen LogP contribution in [0.5, 0.6) is 0 Å². The first-order valence-electron chi connectivity index (χ1n) is 23.0. The maximum Gasteiger partial charge on any atom is 0.333 e. The molecule has 10 aromatic rings. The van der Waals surface area contributed by atoms with Crippen molar-refractivity contribution in [3.63, 3.8) is 0 Å². The van der Waals surface area contributed by atoms with Crippen molar-refractivity contribution in [1.82, 2.24) is 4.57 Å². The Kier molecular flexibility index (Phi) is 7.04. The van der Waals surface area contributed by atoms with Gasteiger partial charge in [-0.3, -0.25) is 0 Å². The van der Waals surface area contributed by atoms with Crippen molar-refractivity contribution >= 4 is 94.8 Å². The third-order valence-electron chi connectivity index (χ3n) is 15.6. The van der Waals surface area contributed by atoms with Crippen LogP contribution in [0.2, 0.25) is 0 Å². The standard InChI is InChI=1S/C58H53BN2O2/c1-55(2,3)32-15-18-34(19-16-32)61-46-29-40-39-28-41-42(58(9,10)26-25-57(41,7)8)31-50(39)63-49(40)30-38(46)35-20-21-37-51-45(23-24-48-52(51)36-13-11-12-14-47(36)62-48)60-44-22-17-33(56(4,5)6)27-43(44)59(61)53(35)54(37)60/h11-24,27-31H,25-26H2,1-10H3. The van der Waals surface area contributed by atoms with Crippen LogP contribution in [0, 0.1) is 0 Å². The highest BCUT2D eigenvalue weighted by Crippen LogP contribution is 2.52. The number of furan rings is 2. The molecular weight excluding hydrogens is 767 g/mol. The van der Waals surface area contributed by atoms with Crippen molar-refractivity contribution < 1.29 is 8.83 Å². The smallest absolute Gasteiger partial charge is 0.333 e. The van der Waals surface area contributed by atoms with E-state index in [4.69, 9.17) is 8.83 Å². The second kappa shape index (κ2) is 11.9. The molecule has 0 spiro atoms. The van der Waals surface area contributed by atoms with E-state index >= 15 is 0 Å². The predicted octanol–water partition coefficient (Wildman–Crippen LogP) is 14.8. The van der Waals surface area contributed by atoms with Gasteiger partial charge in [0.25, 0.3) is 0 Å². The highest BCUT2D eigenvalue weighted by molar-refractivity contribution is 6.93. The van der Waals surface area contributed by atoms with Crippen molar-refractivity contribution in [3.05, 3.63) is 138 Å². The summed E-state index contributed by atoms with van der Waals surface area (Å²) in [5.41, 5.74) is 20.7. The van der Waals surface area contributed by atoms with E-state index in [9.17, 15) is 0 Å². The molecule has 13 rings (SSSR count). The fraction of sp³-hybridized carbons (Fsp3) is 0.276. The zero-order valence-corrected chi connectivity index (χ0v) is 38.2. The number of hydrogen-bond acceptors (Lipinski definition) is 3. The van der Waals surface area contributed by atoms with Crippen LogP contribution in [0.15, 0.2) is 124 Å². The summed E-state index contributed by atoms with van der Waals surface area (Å²) in [5, 5.41) is 7.22. The van der Waals surface area contributed by atoms with Gasteiger partial charge < -0.3 is 18.2 Å². The van der Waals surface area contributed by atoms with Gasteiger partial charge in [0.2, 0.25) is 0 Å². The first-order valence-corrected chi connectivity index (χ1v) is 23.0. The van der Waals surface area contributed by atoms with Crippen molar-refractivity contribution in [2.24, 2.45) is 0 Å². The van der Waals surface area contributed by atoms with Gasteiger partial charge in [-0.1, -0.05) is 124 Å². The van der Waals surface area contributed by atoms with E-state index in [-0.39, 0.29) is 28.5 Å². The summed E-state index contributed by atoms with van der Waals surface area (Å²) in [6.07, 6.45) is 2.34. The first-order chi connectivity index (χ1) is 30.0. The lowest BCUT2D eigenvalue weighted by molar-refractivity contribution is 0.332. The molecule has 0 atom stereocenters. The molecule has 0 bridgehead atoms. The summed E-state index contributed by atoms with van der Waals surface area (Å²) in [5.74, 6) is 0. The molecule has 0 fully saturated rings. The topological polar surface area (TPSA) is 34.5 Å². The largest absolute Gasteiger partial charge is 0.456 e. The fourth-order valence-electron chi connectivity index (χ4n) is 11.9. The highest BCUT2D eigenvalue weighted by Gasteiger charge is 2.45. The molecule has 1 aliphatic carbocycles. The number of hydrogen-bond donors (Lipinski definition) is 0. The molecular formula is C58H53BN2O2. The van der Waals surface area contributed by atoms with Gasteiger partial charge in [-0.15, -0.1) is 0 Å². The van der Waals surface area contributed by atoms with Gasteiger partial charge in [-0.2, -0.15) is 0 Å². The molecule has 7 aromatic carbocycles. The molecule has 3 aliphatic rings. The molecule has 5 heteroatoms. The van der Waals surface area contributed by atoms with Gasteiger partial charge in [0.1, 0.15) is 22.3 Å². The molecule has 0 radical (unpaired) electrons. The normalized spacial score (nSPS) is 16.5. The van der Waals surface area contributed by atoms with Crippen LogP contribution in [0.1, 0.15) is 104 Å². The van der Waals surface area contributed by atoms with Crippen LogP contribution in [0.4, 0.5) is 11.4 Å². The lowest BCUT2D eigenvalue weighted by Gasteiger charge is -2.42. The second-order valence-electron chi connectivity index (χ2n) is 22.4. The lowest BCUT2D eigenvalue weighted by Crippen LogP contribution is -2.60. The predicted molar refractivity (Wildman–Crippen MR) is 267 cm³/mol. The van der Waals surface area contributed by atoms with Crippen LogP contribution in [-0.2, 0) is 21.7 Å². The summed E-state index contributed by atoms with van der Waals surface area (Å²) < 4.78 is 16.1. The number of para-hydroxylation sites is 1. The first kappa shape index (κ1) is 37.4. The highest BCUT2D eigenvalue weighted by atomic mass is 16.3. The van der Waals surface area contributed by atoms with Crippen LogP contribution in [-0.4, -0.2) is 11.4 Å². The minimum atomic E-state index is -0.0921. The number of anilines is 2. The van der Waals surface area contributed by atoms with Gasteiger partial charge in [-0.05, 0) is 134 Å². The zero-order chi connectivity index (χ0) is 43.3. The third kappa shape index (κ3) is 4.94. The quantitative estimate of drug-likeness (QED) is 0.155. The SMILES string of the molecule is CC(C)(C)c1ccc(N2B3c4cc(C(C)(C)C)ccc4-n4c5ccc6oc7ccccc7c6c5c5ccc(c3c54)-c3cc4oc5cc6c(cc5c4cc32)C(C)(C)CCC6(C)C)cc1. The Labute approximate surface area is 369 Å². The van der Waals surface area contributed by atoms with Gasteiger partial charge in [-0.25, -0.2) is 0 Å². The summed E-state index contributed by atoms with van der Waals surface area (Å²) in [6, 6.07) is 44.2. The van der Waals surface area contributed by atoms with Crippen molar-refractivity contribution in [3.8, 4) is 16.8 Å². The van der Waals surface area contributed by atoms with Crippen molar-refractivity contribution in [2.75, 3.05) is 4.81 Å². The molecule has 63 heavy (non-hydrogen) atoms. The van der Waals surface area contributed by atoms with Crippen molar-refractivity contribution in [2.45, 2.75) is 104 Å². The number of rotatable bonds is 1. The Balaban J connectivity index is 1.19. The van der Waals surface area contributed by atoms with E-state index in [0.717, 1.165) is 27.7 Å². The van der Waals surface area contributed by atoms with Crippen LogP contribution in [0.25, 0.3) is 82.5 Å². The Morgan fingerprint density at radius 2 is 1.19 bits per heavy atom. The van der Waals surface area contributed by atoms with E-state index in [2.05, 4.69) is 194 Å². The number of benzene rings is 7. The average Bonchev–Trinajstić information content (AvgIpc) is 3.92. The van der Waals surface area contributed by atoms with E-state index in [1.807, 2.05) is 0 Å². The molecule has 0 unspecified atom stereocenters. The van der Waals surface area contributed by atoms with Gasteiger partial charge in [0.15, 0.2) is 0 Å². The van der Waals surface area contributed by atoms with E-state index < -0.39 is 0 Å². The van der Waals surface area contributed by atoms with Crippen molar-refractivity contribution in [1.29, 1.82) is 0 Å². The number of nitrogens with zero attached hydrogens (tertiary/aromatic N) is 2. The minimum Gasteiger partial charge on any atom is -0.456 e. The maximum atomic E-state index is 7.01. The lowest BCUT2D eigenvalue weighted by atomic mass is 9.43. The molecule has 4 nitrogen and oxygen atoms in total. The van der Waals surface area contributed by atoms with Crippen LogP contribution >= 0.6 is 0 Å². The summed E-state index contributed by atoms with van der Waals surface area (Å²) >= 11 is 0. The summed E-state index contributed by atoms with van der Waals surface area (Å²) in [4.78, 5) is 2.67. The molecule has 3 aromatic heterocycles. The molecule has 0 N–H and O–H groups in total. The molecule has 5 heterocycles. The van der Waals surface area contributed by atoms with E-state index in [0.29, 0.717) is 0 Å². The van der Waals surface area contributed by atoms with Gasteiger partial charge in [0.05, 0.1) is 11.0 Å². The molecule has 0 amide bonds. The maximum absolute atomic E-state index is 7.01.